The zero-order valence-electron chi connectivity index (χ0n) is 7.85. The van der Waals surface area contributed by atoms with E-state index in [0.29, 0.717) is 22.1 Å². The van der Waals surface area contributed by atoms with Gasteiger partial charge in [0.25, 0.3) is 0 Å². The Kier molecular flexibility index (Phi) is 2.35. The summed E-state index contributed by atoms with van der Waals surface area (Å²) >= 11 is 5.86. The second kappa shape index (κ2) is 3.67. The summed E-state index contributed by atoms with van der Waals surface area (Å²) in [6.45, 7) is 1.78. The van der Waals surface area contributed by atoms with Crippen LogP contribution in [0.15, 0.2) is 18.5 Å². The van der Waals surface area contributed by atoms with Crippen molar-refractivity contribution in [3.63, 3.8) is 0 Å². The maximum Gasteiger partial charge on any atom is 0.193 e. The topological polar surface area (TPSA) is 67.4 Å². The molecule has 2 aromatic rings. The molecule has 0 bridgehead atoms. The lowest BCUT2D eigenvalue weighted by Gasteiger charge is -1.99. The van der Waals surface area contributed by atoms with E-state index in [1.54, 1.807) is 19.2 Å². The van der Waals surface area contributed by atoms with E-state index in [-0.39, 0.29) is 0 Å². The molecule has 6 heteroatoms. The molecule has 0 N–H and O–H groups in total. The normalized spacial score (nSPS) is 9.93. The van der Waals surface area contributed by atoms with E-state index in [0.717, 1.165) is 0 Å². The molecular formula is C9H6ClN5. The van der Waals surface area contributed by atoms with Crippen LogP contribution in [0, 0.1) is 18.3 Å². The van der Waals surface area contributed by atoms with Crippen molar-refractivity contribution in [1.82, 2.24) is 20.0 Å². The van der Waals surface area contributed by atoms with Crippen molar-refractivity contribution in [3.05, 3.63) is 34.7 Å². The molecule has 0 saturated heterocycles. The summed E-state index contributed by atoms with van der Waals surface area (Å²) in [5.74, 6) is 0.384. The number of hydrogen-bond acceptors (Lipinski definition) is 4. The smallest absolute Gasteiger partial charge is 0.193 e. The Labute approximate surface area is 90.9 Å². The molecule has 2 rings (SSSR count). The lowest BCUT2D eigenvalue weighted by atomic mass is 10.3. The third kappa shape index (κ3) is 1.67. The molecule has 0 atom stereocenters. The second-order valence-electron chi connectivity index (χ2n) is 2.89. The Balaban J connectivity index is 2.59. The van der Waals surface area contributed by atoms with Gasteiger partial charge in [-0.3, -0.25) is 0 Å². The third-order valence-electron chi connectivity index (χ3n) is 1.88. The minimum atomic E-state index is 0.384. The molecule has 2 heterocycles. The maximum atomic E-state index is 8.86. The van der Waals surface area contributed by atoms with Crippen molar-refractivity contribution in [3.8, 4) is 11.9 Å². The highest BCUT2D eigenvalue weighted by Crippen LogP contribution is 2.16. The van der Waals surface area contributed by atoms with Gasteiger partial charge in [0.2, 0.25) is 0 Å². The first-order chi connectivity index (χ1) is 7.22. The number of hydrogen-bond donors (Lipinski definition) is 0. The molecule has 0 fully saturated rings. The van der Waals surface area contributed by atoms with E-state index in [1.165, 1.54) is 10.9 Å². The number of rotatable bonds is 1. The Morgan fingerprint density at radius 3 is 2.93 bits per heavy atom. The molecular weight excluding hydrogens is 214 g/mol. The van der Waals surface area contributed by atoms with Crippen molar-refractivity contribution in [2.75, 3.05) is 0 Å². The van der Waals surface area contributed by atoms with Gasteiger partial charge in [0.1, 0.15) is 11.6 Å². The van der Waals surface area contributed by atoms with Crippen LogP contribution < -0.4 is 0 Å². The third-order valence-corrected chi connectivity index (χ3v) is 2.25. The lowest BCUT2D eigenvalue weighted by Crippen LogP contribution is -2.02. The molecule has 2 aromatic heterocycles. The summed E-state index contributed by atoms with van der Waals surface area (Å²) in [6, 6.07) is 3.59. The van der Waals surface area contributed by atoms with Gasteiger partial charge in [0.05, 0.1) is 23.1 Å². The van der Waals surface area contributed by atoms with Crippen LogP contribution in [0.1, 0.15) is 11.3 Å². The van der Waals surface area contributed by atoms with Gasteiger partial charge in [-0.05, 0) is 13.0 Å². The molecule has 0 saturated carbocycles. The first kappa shape index (κ1) is 9.62. The quantitative estimate of drug-likeness (QED) is 0.729. The standard InChI is InChI=1S/C9H6ClN5/c1-6-8(10)5-15(14-6)9-7(4-11)2-3-12-13-9/h2-3,5H,1H3. The SMILES string of the molecule is Cc1nn(-c2nnccc2C#N)cc1Cl. The monoisotopic (exact) mass is 219 g/mol. The van der Waals surface area contributed by atoms with Crippen molar-refractivity contribution < 1.29 is 0 Å². The predicted molar refractivity (Wildman–Crippen MR) is 53.6 cm³/mol. The van der Waals surface area contributed by atoms with Gasteiger partial charge >= 0.3 is 0 Å². The Morgan fingerprint density at radius 1 is 1.53 bits per heavy atom. The Morgan fingerprint density at radius 2 is 2.33 bits per heavy atom. The zero-order valence-corrected chi connectivity index (χ0v) is 8.60. The van der Waals surface area contributed by atoms with Crippen LogP contribution in [0.2, 0.25) is 5.02 Å². The molecule has 0 aliphatic heterocycles. The summed E-state index contributed by atoms with van der Waals surface area (Å²) in [5.41, 5.74) is 1.09. The summed E-state index contributed by atoms with van der Waals surface area (Å²) in [4.78, 5) is 0. The highest BCUT2D eigenvalue weighted by molar-refractivity contribution is 6.31. The van der Waals surface area contributed by atoms with E-state index >= 15 is 0 Å². The number of halogens is 1. The largest absolute Gasteiger partial charge is 0.218 e. The molecule has 0 aromatic carbocycles. The number of aryl methyl sites for hydroxylation is 1. The minimum Gasteiger partial charge on any atom is -0.218 e. The lowest BCUT2D eigenvalue weighted by molar-refractivity contribution is 0.800. The number of aromatic nitrogens is 4. The average Bonchev–Trinajstić information content (AvgIpc) is 2.59. The molecule has 0 spiro atoms. The van der Waals surface area contributed by atoms with Crippen molar-refractivity contribution in [2.24, 2.45) is 0 Å². The van der Waals surface area contributed by atoms with Crippen LogP contribution in [0.25, 0.3) is 5.82 Å². The molecule has 74 valence electrons. The number of nitrogens with zero attached hydrogens (tertiary/aromatic N) is 5. The van der Waals surface area contributed by atoms with E-state index in [9.17, 15) is 0 Å². The van der Waals surface area contributed by atoms with Crippen molar-refractivity contribution >= 4 is 11.6 Å². The molecule has 0 aliphatic carbocycles. The van der Waals surface area contributed by atoms with Gasteiger partial charge in [-0.2, -0.15) is 15.5 Å². The fourth-order valence-corrected chi connectivity index (χ4v) is 1.26. The van der Waals surface area contributed by atoms with Crippen molar-refractivity contribution in [1.29, 1.82) is 5.26 Å². The van der Waals surface area contributed by atoms with Crippen molar-refractivity contribution in [2.45, 2.75) is 6.92 Å². The van der Waals surface area contributed by atoms with Gasteiger partial charge in [-0.15, -0.1) is 5.10 Å². The summed E-state index contributed by atoms with van der Waals surface area (Å²) in [6.07, 6.45) is 3.06. The molecule has 0 aliphatic rings. The van der Waals surface area contributed by atoms with Gasteiger partial charge in [0, 0.05) is 0 Å². The van der Waals surface area contributed by atoms with Crippen LogP contribution in [-0.4, -0.2) is 20.0 Å². The molecule has 0 unspecified atom stereocenters. The summed E-state index contributed by atoms with van der Waals surface area (Å²) in [7, 11) is 0. The zero-order chi connectivity index (χ0) is 10.8. The molecule has 15 heavy (non-hydrogen) atoms. The molecule has 0 amide bonds. The fraction of sp³-hybridized carbons (Fsp3) is 0.111. The first-order valence-electron chi connectivity index (χ1n) is 4.16. The highest BCUT2D eigenvalue weighted by Gasteiger charge is 2.09. The van der Waals surface area contributed by atoms with Gasteiger partial charge in [0.15, 0.2) is 5.82 Å². The average molecular weight is 220 g/mol. The Bertz CT molecular complexity index is 520. The second-order valence-corrected chi connectivity index (χ2v) is 3.29. The maximum absolute atomic E-state index is 8.86. The van der Waals surface area contributed by atoms with Gasteiger partial charge in [-0.25, -0.2) is 4.68 Å². The summed E-state index contributed by atoms with van der Waals surface area (Å²) in [5, 5.41) is 21.1. The van der Waals surface area contributed by atoms with Crippen LogP contribution in [-0.2, 0) is 0 Å². The summed E-state index contributed by atoms with van der Waals surface area (Å²) < 4.78 is 1.45. The predicted octanol–water partition coefficient (Wildman–Crippen LogP) is 1.50. The van der Waals surface area contributed by atoms with Gasteiger partial charge < -0.3 is 0 Å². The van der Waals surface area contributed by atoms with E-state index in [2.05, 4.69) is 15.3 Å². The molecule has 0 radical (unpaired) electrons. The van der Waals surface area contributed by atoms with Crippen LogP contribution in [0.4, 0.5) is 0 Å². The van der Waals surface area contributed by atoms with E-state index in [4.69, 9.17) is 16.9 Å². The minimum absolute atomic E-state index is 0.384. The van der Waals surface area contributed by atoms with Crippen LogP contribution in [0.3, 0.4) is 0 Å². The van der Waals surface area contributed by atoms with Gasteiger partial charge in [-0.1, -0.05) is 11.6 Å². The highest BCUT2D eigenvalue weighted by atomic mass is 35.5. The Hall–Kier alpha value is -1.93. The van der Waals surface area contributed by atoms with Crippen LogP contribution >= 0.6 is 11.6 Å². The number of nitriles is 1. The van der Waals surface area contributed by atoms with E-state index in [1.807, 2.05) is 6.07 Å². The first-order valence-corrected chi connectivity index (χ1v) is 4.54. The van der Waals surface area contributed by atoms with E-state index < -0.39 is 0 Å². The molecule has 5 nitrogen and oxygen atoms in total. The van der Waals surface area contributed by atoms with Crippen LogP contribution in [0.5, 0.6) is 0 Å². The fourth-order valence-electron chi connectivity index (χ4n) is 1.13.